The molecule has 16 heavy (non-hydrogen) atoms. The molecule has 1 rings (SSSR count). The molecule has 0 radical (unpaired) electrons. The fourth-order valence-electron chi connectivity index (χ4n) is 0.993. The number of aliphatic hydroxyl groups is 1. The summed E-state index contributed by atoms with van der Waals surface area (Å²) in [5, 5.41) is 9.62. The number of aliphatic hydroxyl groups excluding tert-OH is 1. The molecule has 0 spiro atoms. The van der Waals surface area contributed by atoms with Gasteiger partial charge in [-0.15, -0.1) is 11.3 Å². The highest BCUT2D eigenvalue weighted by Crippen LogP contribution is 2.23. The van der Waals surface area contributed by atoms with Crippen LogP contribution in [-0.2, 0) is 10.6 Å². The lowest BCUT2D eigenvalue weighted by atomic mass is 10.0. The zero-order valence-electron chi connectivity index (χ0n) is 9.00. The van der Waals surface area contributed by atoms with Gasteiger partial charge in [0.1, 0.15) is 0 Å². The summed E-state index contributed by atoms with van der Waals surface area (Å²) in [5.74, 6) is 0.0778. The molecule has 7 heteroatoms. The zero-order chi connectivity index (χ0) is 12.3. The van der Waals surface area contributed by atoms with Gasteiger partial charge < -0.3 is 10.8 Å². The quantitative estimate of drug-likeness (QED) is 0.736. The van der Waals surface area contributed by atoms with Crippen LogP contribution in [0.5, 0.6) is 0 Å². The first-order chi connectivity index (χ1) is 7.41. The highest BCUT2D eigenvalue weighted by Gasteiger charge is 2.17. The summed E-state index contributed by atoms with van der Waals surface area (Å²) < 4.78 is 16.6. The molecule has 1 heterocycles. The molecule has 0 saturated heterocycles. The van der Waals surface area contributed by atoms with E-state index in [0.717, 1.165) is 0 Å². The van der Waals surface area contributed by atoms with Crippen LogP contribution in [0, 0.1) is 5.92 Å². The van der Waals surface area contributed by atoms with Gasteiger partial charge in [-0.3, -0.25) is 0 Å². The number of thiophene rings is 1. The molecule has 1 aromatic rings. The largest absolute Gasteiger partial charge is 0.370 e. The van der Waals surface area contributed by atoms with Crippen LogP contribution in [-0.4, -0.2) is 21.6 Å². The highest BCUT2D eigenvalue weighted by molar-refractivity contribution is 7.77. The van der Waals surface area contributed by atoms with E-state index in [1.807, 2.05) is 13.8 Å². The molecule has 92 valence electrons. The minimum Gasteiger partial charge on any atom is -0.370 e. The molecule has 1 aromatic heterocycles. The number of hydrogen-bond donors (Lipinski definition) is 3. The van der Waals surface area contributed by atoms with Gasteiger partial charge in [-0.25, -0.2) is 8.57 Å². The van der Waals surface area contributed by atoms with Crippen molar-refractivity contribution in [1.29, 1.82) is 0 Å². The molecule has 0 aliphatic heterocycles. The second-order valence-electron chi connectivity index (χ2n) is 3.70. The van der Waals surface area contributed by atoms with Gasteiger partial charge in [-0.2, -0.15) is 0 Å². The molecule has 0 amide bonds. The smallest absolute Gasteiger partial charge is 0.169 e. The van der Waals surface area contributed by atoms with Crippen molar-refractivity contribution in [1.82, 2.24) is 0 Å². The standard InChI is InChI=1S/C9H15ClN2O2S2/c1-5(2)8(11)9(13)12-16(14)7-4-3-6(10)15-7/h3-5,8-9,13,16H,11H2,1-2H3/t8-,9?/m0/s1. The van der Waals surface area contributed by atoms with Crippen LogP contribution in [0.1, 0.15) is 13.8 Å². The fourth-order valence-corrected chi connectivity index (χ4v) is 3.37. The van der Waals surface area contributed by atoms with Crippen molar-refractivity contribution in [2.24, 2.45) is 16.0 Å². The second-order valence-corrected chi connectivity index (χ2v) is 6.98. The molecule has 0 aromatic carbocycles. The third-order valence-corrected chi connectivity index (χ3v) is 4.83. The van der Waals surface area contributed by atoms with Crippen molar-refractivity contribution in [2.75, 3.05) is 0 Å². The predicted octanol–water partition coefficient (Wildman–Crippen LogP) is 1.73. The second kappa shape index (κ2) is 5.97. The molecule has 0 fully saturated rings. The fraction of sp³-hybridized carbons (Fsp3) is 0.556. The van der Waals surface area contributed by atoms with Crippen LogP contribution >= 0.6 is 22.9 Å². The third-order valence-electron chi connectivity index (χ3n) is 2.08. The lowest BCUT2D eigenvalue weighted by Gasteiger charge is -2.17. The summed E-state index contributed by atoms with van der Waals surface area (Å²) in [5.41, 5.74) is 5.70. The summed E-state index contributed by atoms with van der Waals surface area (Å²) in [6.45, 7) is 3.75. The van der Waals surface area contributed by atoms with Crippen molar-refractivity contribution < 1.29 is 9.32 Å². The Balaban J connectivity index is 2.81. The first-order valence-electron chi connectivity index (χ1n) is 4.79. The summed E-state index contributed by atoms with van der Waals surface area (Å²) >= 11 is 6.91. The average molecular weight is 283 g/mol. The Morgan fingerprint density at radius 2 is 2.19 bits per heavy atom. The first kappa shape index (κ1) is 13.9. The Kier molecular flexibility index (Phi) is 5.20. The summed E-state index contributed by atoms with van der Waals surface area (Å²) in [6.07, 6.45) is -1.11. The maximum Gasteiger partial charge on any atom is 0.169 e. The van der Waals surface area contributed by atoms with Crippen LogP contribution in [0.3, 0.4) is 0 Å². The van der Waals surface area contributed by atoms with Gasteiger partial charge >= 0.3 is 0 Å². The van der Waals surface area contributed by atoms with Gasteiger partial charge in [-0.05, 0) is 18.1 Å². The Morgan fingerprint density at radius 3 is 2.62 bits per heavy atom. The van der Waals surface area contributed by atoms with Gasteiger partial charge in [0, 0.05) is 0 Å². The maximum absolute atomic E-state index is 11.7. The number of thiol groups is 1. The molecule has 2 unspecified atom stereocenters. The van der Waals surface area contributed by atoms with E-state index in [1.165, 1.54) is 11.3 Å². The van der Waals surface area contributed by atoms with E-state index >= 15 is 0 Å². The Labute approximate surface area is 106 Å². The number of nitrogens with zero attached hydrogens (tertiary/aromatic N) is 1. The third kappa shape index (κ3) is 3.71. The average Bonchev–Trinajstić information content (AvgIpc) is 2.63. The highest BCUT2D eigenvalue weighted by atomic mass is 35.5. The molecular weight excluding hydrogens is 268 g/mol. The van der Waals surface area contributed by atoms with E-state index in [2.05, 4.69) is 4.36 Å². The van der Waals surface area contributed by atoms with Crippen LogP contribution in [0.4, 0.5) is 0 Å². The molecule has 0 aliphatic rings. The van der Waals surface area contributed by atoms with E-state index in [0.29, 0.717) is 8.55 Å². The van der Waals surface area contributed by atoms with Gasteiger partial charge in [0.2, 0.25) is 0 Å². The van der Waals surface area contributed by atoms with E-state index in [4.69, 9.17) is 17.3 Å². The minimum atomic E-state index is -1.97. The van der Waals surface area contributed by atoms with Crippen molar-refractivity contribution in [3.8, 4) is 0 Å². The van der Waals surface area contributed by atoms with Crippen molar-refractivity contribution in [3.63, 3.8) is 0 Å². The van der Waals surface area contributed by atoms with Crippen molar-refractivity contribution >= 4 is 33.5 Å². The summed E-state index contributed by atoms with van der Waals surface area (Å²) in [6, 6.07) is 2.79. The van der Waals surface area contributed by atoms with Crippen LogP contribution in [0.25, 0.3) is 0 Å². The number of rotatable bonds is 4. The Hall–Kier alpha value is -0.140. The molecule has 0 bridgehead atoms. The molecule has 4 nitrogen and oxygen atoms in total. The molecule has 3 atom stereocenters. The summed E-state index contributed by atoms with van der Waals surface area (Å²) in [7, 11) is -1.97. The van der Waals surface area contributed by atoms with Gasteiger partial charge in [0.15, 0.2) is 6.23 Å². The lowest BCUT2D eigenvalue weighted by molar-refractivity contribution is 0.135. The first-order valence-corrected chi connectivity index (χ1v) is 7.19. The summed E-state index contributed by atoms with van der Waals surface area (Å²) in [4.78, 5) is 0. The normalized spacial score (nSPS) is 17.6. The molecular formula is C9H15ClN2O2S2. The van der Waals surface area contributed by atoms with E-state index in [-0.39, 0.29) is 5.92 Å². The van der Waals surface area contributed by atoms with E-state index in [1.54, 1.807) is 12.1 Å². The predicted molar refractivity (Wildman–Crippen MR) is 68.4 cm³/mol. The van der Waals surface area contributed by atoms with Crippen LogP contribution < -0.4 is 5.73 Å². The number of nitrogens with two attached hydrogens (primary N) is 1. The van der Waals surface area contributed by atoms with Gasteiger partial charge in [0.25, 0.3) is 0 Å². The molecule has 0 saturated carbocycles. The number of hydrogen-bond acceptors (Lipinski definition) is 5. The SMILES string of the molecule is CC(C)[C@H](N)C(O)/N=[SH](=O)/c1ccc(Cl)s1. The lowest BCUT2D eigenvalue weighted by Crippen LogP contribution is -2.37. The Bertz CT molecular complexity index is 427. The molecule has 0 aliphatic carbocycles. The van der Waals surface area contributed by atoms with E-state index < -0.39 is 22.9 Å². The van der Waals surface area contributed by atoms with Gasteiger partial charge in [-0.1, -0.05) is 25.4 Å². The van der Waals surface area contributed by atoms with Gasteiger partial charge in [0.05, 0.1) is 25.2 Å². The maximum atomic E-state index is 11.7. The zero-order valence-corrected chi connectivity index (χ0v) is 11.5. The monoisotopic (exact) mass is 282 g/mol. The van der Waals surface area contributed by atoms with E-state index in [9.17, 15) is 9.32 Å². The number of halogens is 1. The molecule has 3 N–H and O–H groups in total. The topological polar surface area (TPSA) is 75.7 Å². The minimum absolute atomic E-state index is 0.0778. The Morgan fingerprint density at radius 1 is 1.56 bits per heavy atom. The van der Waals surface area contributed by atoms with Crippen LogP contribution in [0.15, 0.2) is 20.7 Å². The van der Waals surface area contributed by atoms with Crippen LogP contribution in [0.2, 0.25) is 4.34 Å². The van der Waals surface area contributed by atoms with Crippen molar-refractivity contribution in [3.05, 3.63) is 16.5 Å². The van der Waals surface area contributed by atoms with Crippen molar-refractivity contribution in [2.45, 2.75) is 30.3 Å².